The topological polar surface area (TPSA) is 106 Å². The Kier molecular flexibility index (Phi) is 6.10. The maximum atomic E-state index is 12.4. The van der Waals surface area contributed by atoms with Crippen LogP contribution in [0.1, 0.15) is 42.4 Å². The van der Waals surface area contributed by atoms with Gasteiger partial charge in [0, 0.05) is 0 Å². The van der Waals surface area contributed by atoms with Crippen molar-refractivity contribution in [2.45, 2.75) is 39.2 Å². The van der Waals surface area contributed by atoms with Gasteiger partial charge in [-0.3, -0.25) is 4.79 Å². The van der Waals surface area contributed by atoms with Gasteiger partial charge in [0.25, 0.3) is 5.91 Å². The molecule has 25 heavy (non-hydrogen) atoms. The molecule has 8 heteroatoms. The second-order valence-electron chi connectivity index (χ2n) is 5.64. The molecule has 0 bridgehead atoms. The van der Waals surface area contributed by atoms with Gasteiger partial charge in [-0.25, -0.2) is 9.48 Å². The SMILES string of the molecule is CCCCC(NC(=O)c1nnn(-c2ccc(OC)cc2)c1C)C(=O)O. The monoisotopic (exact) mass is 346 g/mol. The van der Waals surface area contributed by atoms with E-state index in [1.165, 1.54) is 4.68 Å². The van der Waals surface area contributed by atoms with Gasteiger partial charge in [-0.05, 0) is 37.6 Å². The number of aliphatic carboxylic acids is 1. The third kappa shape index (κ3) is 4.34. The zero-order chi connectivity index (χ0) is 18.4. The Bertz CT molecular complexity index is 740. The molecule has 2 aromatic rings. The molecular weight excluding hydrogens is 324 g/mol. The number of hydrogen-bond acceptors (Lipinski definition) is 5. The maximum absolute atomic E-state index is 12.4. The molecule has 0 saturated heterocycles. The first-order valence-electron chi connectivity index (χ1n) is 8.08. The van der Waals surface area contributed by atoms with Crippen molar-refractivity contribution < 1.29 is 19.4 Å². The van der Waals surface area contributed by atoms with Crippen LogP contribution in [-0.2, 0) is 4.79 Å². The largest absolute Gasteiger partial charge is 0.497 e. The molecule has 2 rings (SSSR count). The highest BCUT2D eigenvalue weighted by molar-refractivity contribution is 5.95. The fraction of sp³-hybridized carbons (Fsp3) is 0.412. The predicted octanol–water partition coefficient (Wildman–Crippen LogP) is 1.96. The number of rotatable bonds is 8. The lowest BCUT2D eigenvalue weighted by atomic mass is 10.1. The summed E-state index contributed by atoms with van der Waals surface area (Å²) in [6, 6.07) is 6.22. The highest BCUT2D eigenvalue weighted by Crippen LogP contribution is 2.17. The van der Waals surface area contributed by atoms with Crippen LogP contribution in [0.4, 0.5) is 0 Å². The van der Waals surface area contributed by atoms with Gasteiger partial charge < -0.3 is 15.2 Å². The van der Waals surface area contributed by atoms with Gasteiger partial charge in [0.1, 0.15) is 11.8 Å². The average Bonchev–Trinajstić information content (AvgIpc) is 2.99. The summed E-state index contributed by atoms with van der Waals surface area (Å²) >= 11 is 0. The van der Waals surface area contributed by atoms with Crippen LogP contribution in [0.25, 0.3) is 5.69 Å². The number of carboxylic acids is 1. The number of unbranched alkanes of at least 4 members (excludes halogenated alkanes) is 1. The third-order valence-electron chi connectivity index (χ3n) is 3.88. The van der Waals surface area contributed by atoms with Crippen LogP contribution >= 0.6 is 0 Å². The van der Waals surface area contributed by atoms with Crippen molar-refractivity contribution in [3.63, 3.8) is 0 Å². The Labute approximate surface area is 145 Å². The number of methoxy groups -OCH3 is 1. The molecule has 1 unspecified atom stereocenters. The number of aromatic nitrogens is 3. The lowest BCUT2D eigenvalue weighted by molar-refractivity contribution is -0.139. The summed E-state index contributed by atoms with van der Waals surface area (Å²) in [7, 11) is 1.58. The van der Waals surface area contributed by atoms with E-state index in [9.17, 15) is 14.7 Å². The summed E-state index contributed by atoms with van der Waals surface area (Å²) in [5.41, 5.74) is 1.37. The first-order chi connectivity index (χ1) is 12.0. The first kappa shape index (κ1) is 18.4. The number of nitrogens with zero attached hydrogens (tertiary/aromatic N) is 3. The van der Waals surface area contributed by atoms with Gasteiger partial charge in [0.05, 0.1) is 18.5 Å². The van der Waals surface area contributed by atoms with Crippen LogP contribution < -0.4 is 10.1 Å². The van der Waals surface area contributed by atoms with Crippen molar-refractivity contribution in [1.29, 1.82) is 0 Å². The molecule has 1 amide bonds. The van der Waals surface area contributed by atoms with E-state index in [1.807, 2.05) is 6.92 Å². The van der Waals surface area contributed by atoms with Crippen LogP contribution in [0, 0.1) is 6.92 Å². The molecule has 1 heterocycles. The zero-order valence-corrected chi connectivity index (χ0v) is 14.5. The number of amides is 1. The van der Waals surface area contributed by atoms with E-state index in [4.69, 9.17) is 4.74 Å². The van der Waals surface area contributed by atoms with Crippen LogP contribution in [-0.4, -0.2) is 45.1 Å². The fourth-order valence-corrected chi connectivity index (χ4v) is 2.40. The van der Waals surface area contributed by atoms with Gasteiger partial charge in [0.2, 0.25) is 0 Å². The molecular formula is C17H22N4O4. The van der Waals surface area contributed by atoms with E-state index < -0.39 is 17.9 Å². The van der Waals surface area contributed by atoms with E-state index in [-0.39, 0.29) is 5.69 Å². The molecule has 1 aromatic heterocycles. The Morgan fingerprint density at radius 1 is 1.32 bits per heavy atom. The van der Waals surface area contributed by atoms with E-state index in [1.54, 1.807) is 38.3 Å². The van der Waals surface area contributed by atoms with E-state index in [2.05, 4.69) is 15.6 Å². The van der Waals surface area contributed by atoms with Crippen molar-refractivity contribution >= 4 is 11.9 Å². The molecule has 0 aliphatic heterocycles. The quantitative estimate of drug-likeness (QED) is 0.757. The zero-order valence-electron chi connectivity index (χ0n) is 14.5. The second kappa shape index (κ2) is 8.27. The smallest absolute Gasteiger partial charge is 0.326 e. The van der Waals surface area contributed by atoms with E-state index in [0.29, 0.717) is 17.9 Å². The van der Waals surface area contributed by atoms with Gasteiger partial charge in [-0.15, -0.1) is 5.10 Å². The molecule has 0 saturated carbocycles. The summed E-state index contributed by atoms with van der Waals surface area (Å²) in [6.07, 6.45) is 1.95. The number of carboxylic acid groups (broad SMARTS) is 1. The van der Waals surface area contributed by atoms with Crippen molar-refractivity contribution in [3.8, 4) is 11.4 Å². The van der Waals surface area contributed by atoms with Crippen LogP contribution in [0.3, 0.4) is 0 Å². The van der Waals surface area contributed by atoms with E-state index >= 15 is 0 Å². The normalized spacial score (nSPS) is 11.8. The number of carbonyl (C=O) groups is 2. The molecule has 0 aliphatic carbocycles. The summed E-state index contributed by atoms with van der Waals surface area (Å²) in [5.74, 6) is -0.887. The number of hydrogen-bond donors (Lipinski definition) is 2. The highest BCUT2D eigenvalue weighted by atomic mass is 16.5. The minimum absolute atomic E-state index is 0.110. The minimum atomic E-state index is -1.05. The number of nitrogens with one attached hydrogen (secondary N) is 1. The van der Waals surface area contributed by atoms with Gasteiger partial charge >= 0.3 is 5.97 Å². The van der Waals surface area contributed by atoms with Gasteiger partial charge in [0.15, 0.2) is 5.69 Å². The van der Waals surface area contributed by atoms with Crippen LogP contribution in [0.5, 0.6) is 5.75 Å². The fourth-order valence-electron chi connectivity index (χ4n) is 2.40. The number of benzene rings is 1. The van der Waals surface area contributed by atoms with E-state index in [0.717, 1.165) is 18.5 Å². The molecule has 2 N–H and O–H groups in total. The molecule has 0 aliphatic rings. The third-order valence-corrected chi connectivity index (χ3v) is 3.88. The van der Waals surface area contributed by atoms with Crippen molar-refractivity contribution in [3.05, 3.63) is 35.7 Å². The van der Waals surface area contributed by atoms with Gasteiger partial charge in [-0.1, -0.05) is 25.0 Å². The Hall–Kier alpha value is -2.90. The Morgan fingerprint density at radius 3 is 2.56 bits per heavy atom. The summed E-state index contributed by atoms with van der Waals surface area (Å²) in [6.45, 7) is 3.67. The molecule has 8 nitrogen and oxygen atoms in total. The molecule has 0 spiro atoms. The maximum Gasteiger partial charge on any atom is 0.326 e. The van der Waals surface area contributed by atoms with Crippen LogP contribution in [0.15, 0.2) is 24.3 Å². The first-order valence-corrected chi connectivity index (χ1v) is 8.08. The predicted molar refractivity (Wildman–Crippen MR) is 91.1 cm³/mol. The van der Waals surface area contributed by atoms with Crippen molar-refractivity contribution in [2.75, 3.05) is 7.11 Å². The Morgan fingerprint density at radius 2 is 2.00 bits per heavy atom. The molecule has 1 atom stereocenters. The number of carbonyl (C=O) groups excluding carboxylic acids is 1. The highest BCUT2D eigenvalue weighted by Gasteiger charge is 2.24. The summed E-state index contributed by atoms with van der Waals surface area (Å²) in [4.78, 5) is 23.7. The Balaban J connectivity index is 2.18. The standard InChI is InChI=1S/C17H22N4O4/c1-4-5-6-14(17(23)24)18-16(22)15-11(2)21(20-19-15)12-7-9-13(25-3)10-8-12/h7-10,14H,4-6H2,1-3H3,(H,18,22)(H,23,24). The van der Waals surface area contributed by atoms with Crippen molar-refractivity contribution in [1.82, 2.24) is 20.3 Å². The number of ether oxygens (including phenoxy) is 1. The van der Waals surface area contributed by atoms with Crippen LogP contribution in [0.2, 0.25) is 0 Å². The molecule has 0 fully saturated rings. The molecule has 134 valence electrons. The lowest BCUT2D eigenvalue weighted by Gasteiger charge is -2.13. The molecule has 1 aromatic carbocycles. The summed E-state index contributed by atoms with van der Waals surface area (Å²) < 4.78 is 6.64. The van der Waals surface area contributed by atoms with Gasteiger partial charge in [-0.2, -0.15) is 0 Å². The minimum Gasteiger partial charge on any atom is -0.497 e. The lowest BCUT2D eigenvalue weighted by Crippen LogP contribution is -2.41. The second-order valence-corrected chi connectivity index (χ2v) is 5.64. The molecule has 0 radical (unpaired) electrons. The van der Waals surface area contributed by atoms with Crippen molar-refractivity contribution in [2.24, 2.45) is 0 Å². The average molecular weight is 346 g/mol. The summed E-state index contributed by atoms with van der Waals surface area (Å²) in [5, 5.41) is 19.6.